The summed E-state index contributed by atoms with van der Waals surface area (Å²) in [6.07, 6.45) is 1.87. The van der Waals surface area contributed by atoms with E-state index in [9.17, 15) is 4.79 Å². The van der Waals surface area contributed by atoms with Crippen molar-refractivity contribution in [1.82, 2.24) is 0 Å². The van der Waals surface area contributed by atoms with Crippen LogP contribution in [0.3, 0.4) is 0 Å². The number of rotatable bonds is 2. The maximum Gasteiger partial charge on any atom is 0.233 e. The molecule has 0 bridgehead atoms. The second-order valence-corrected chi connectivity index (χ2v) is 2.88. The Kier molecular flexibility index (Phi) is 2.42. The van der Waals surface area contributed by atoms with Crippen molar-refractivity contribution < 1.29 is 4.79 Å². The van der Waals surface area contributed by atoms with Crippen LogP contribution in [0.1, 0.15) is 30.9 Å². The van der Waals surface area contributed by atoms with E-state index >= 15 is 0 Å². The Bertz CT molecular complexity index is 251. The van der Waals surface area contributed by atoms with Crippen molar-refractivity contribution in [2.45, 2.75) is 19.8 Å². The Balaban J connectivity index is 3.00. The van der Waals surface area contributed by atoms with Crippen molar-refractivity contribution in [3.05, 3.63) is 35.4 Å². The van der Waals surface area contributed by atoms with E-state index in [1.165, 1.54) is 5.56 Å². The molecule has 0 aliphatic carbocycles. The molecule has 0 unspecified atom stereocenters. The lowest BCUT2D eigenvalue weighted by atomic mass is 10.0. The summed E-state index contributed by atoms with van der Waals surface area (Å²) in [4.78, 5) is 10.3. The van der Waals surface area contributed by atoms with Gasteiger partial charge in [0, 0.05) is 5.56 Å². The van der Waals surface area contributed by atoms with Gasteiger partial charge >= 0.3 is 0 Å². The Morgan fingerprint density at radius 1 is 1.36 bits per heavy atom. The highest BCUT2D eigenvalue weighted by Crippen LogP contribution is 2.14. The van der Waals surface area contributed by atoms with Crippen molar-refractivity contribution in [1.29, 1.82) is 0 Å². The molecule has 0 fully saturated rings. The van der Waals surface area contributed by atoms with Gasteiger partial charge in [-0.15, -0.1) is 0 Å². The minimum absolute atomic E-state index is 0.475. The van der Waals surface area contributed by atoms with Crippen LogP contribution in [0.15, 0.2) is 24.3 Å². The van der Waals surface area contributed by atoms with Crippen LogP contribution in [-0.2, 0) is 4.79 Å². The third kappa shape index (κ3) is 1.90. The van der Waals surface area contributed by atoms with Gasteiger partial charge in [-0.25, -0.2) is 0 Å². The lowest BCUT2D eigenvalue weighted by Crippen LogP contribution is -1.88. The molecule has 57 valence electrons. The highest BCUT2D eigenvalue weighted by molar-refractivity contribution is 5.75. The van der Waals surface area contributed by atoms with E-state index in [1.807, 2.05) is 24.5 Å². The summed E-state index contributed by atoms with van der Waals surface area (Å²) >= 11 is 0. The van der Waals surface area contributed by atoms with Crippen molar-refractivity contribution in [2.75, 3.05) is 0 Å². The normalized spacial score (nSPS) is 10.1. The molecule has 0 aliphatic rings. The summed E-state index contributed by atoms with van der Waals surface area (Å²) in [5.41, 5.74) is 1.82. The van der Waals surface area contributed by atoms with E-state index in [1.54, 1.807) is 6.07 Å². The zero-order valence-corrected chi connectivity index (χ0v) is 6.79. The van der Waals surface area contributed by atoms with Crippen molar-refractivity contribution >= 4 is 6.29 Å². The van der Waals surface area contributed by atoms with E-state index in [4.69, 9.17) is 0 Å². The molecule has 0 aliphatic heterocycles. The minimum Gasteiger partial charge on any atom is -0.285 e. The first-order chi connectivity index (χ1) is 5.24. The molecule has 1 aromatic rings. The molecule has 0 saturated heterocycles. The Hall–Kier alpha value is -1.11. The second-order valence-electron chi connectivity index (χ2n) is 2.88. The molecule has 1 rings (SSSR count). The molecule has 1 radical (unpaired) electrons. The van der Waals surface area contributed by atoms with Crippen molar-refractivity contribution in [2.24, 2.45) is 0 Å². The summed E-state index contributed by atoms with van der Waals surface area (Å²) in [6, 6.07) is 7.54. The Morgan fingerprint density at radius 3 is 2.64 bits per heavy atom. The number of hydrogen-bond donors (Lipinski definition) is 0. The lowest BCUT2D eigenvalue weighted by Gasteiger charge is -2.03. The quantitative estimate of drug-likeness (QED) is 0.627. The third-order valence-electron chi connectivity index (χ3n) is 1.67. The Labute approximate surface area is 67.1 Å². The molecule has 1 heteroatoms. The molecule has 0 aromatic heterocycles. The summed E-state index contributed by atoms with van der Waals surface area (Å²) < 4.78 is 0. The molecule has 0 heterocycles. The van der Waals surface area contributed by atoms with Crippen LogP contribution < -0.4 is 0 Å². The number of benzene rings is 1. The van der Waals surface area contributed by atoms with Crippen LogP contribution >= 0.6 is 0 Å². The lowest BCUT2D eigenvalue weighted by molar-refractivity contribution is 0.562. The Morgan fingerprint density at radius 2 is 2.09 bits per heavy atom. The highest BCUT2D eigenvalue weighted by Gasteiger charge is 1.98. The van der Waals surface area contributed by atoms with Gasteiger partial charge in [-0.3, -0.25) is 4.79 Å². The zero-order chi connectivity index (χ0) is 8.27. The first-order valence-electron chi connectivity index (χ1n) is 3.72. The number of carbonyl (C=O) groups excluding carboxylic acids is 1. The van der Waals surface area contributed by atoms with E-state index in [-0.39, 0.29) is 0 Å². The molecule has 0 atom stereocenters. The second kappa shape index (κ2) is 3.33. The van der Waals surface area contributed by atoms with Crippen LogP contribution in [0, 0.1) is 0 Å². The van der Waals surface area contributed by atoms with Gasteiger partial charge < -0.3 is 0 Å². The molecular formula is C10H11O. The fourth-order valence-corrected chi connectivity index (χ4v) is 0.961. The van der Waals surface area contributed by atoms with Crippen LogP contribution in [0.25, 0.3) is 0 Å². The van der Waals surface area contributed by atoms with E-state index < -0.39 is 0 Å². The van der Waals surface area contributed by atoms with Crippen molar-refractivity contribution in [3.8, 4) is 0 Å². The molecule has 0 amide bonds. The molecule has 0 N–H and O–H groups in total. The smallest absolute Gasteiger partial charge is 0.233 e. The minimum atomic E-state index is 0.475. The highest BCUT2D eigenvalue weighted by atomic mass is 16.1. The van der Waals surface area contributed by atoms with Gasteiger partial charge in [-0.05, 0) is 17.5 Å². The molecule has 11 heavy (non-hydrogen) atoms. The third-order valence-corrected chi connectivity index (χ3v) is 1.67. The van der Waals surface area contributed by atoms with Gasteiger partial charge in [0.05, 0.1) is 0 Å². The van der Waals surface area contributed by atoms with E-state index in [2.05, 4.69) is 13.8 Å². The van der Waals surface area contributed by atoms with E-state index in [0.717, 1.165) is 0 Å². The first kappa shape index (κ1) is 7.99. The zero-order valence-electron chi connectivity index (χ0n) is 6.79. The van der Waals surface area contributed by atoms with Crippen LogP contribution in [-0.4, -0.2) is 6.29 Å². The topological polar surface area (TPSA) is 17.1 Å². The van der Waals surface area contributed by atoms with Crippen LogP contribution in [0.2, 0.25) is 0 Å². The predicted molar refractivity (Wildman–Crippen MR) is 45.3 cm³/mol. The van der Waals surface area contributed by atoms with Gasteiger partial charge in [0.15, 0.2) is 0 Å². The maximum absolute atomic E-state index is 10.3. The molecular weight excluding hydrogens is 136 g/mol. The fraction of sp³-hybridized carbons (Fsp3) is 0.300. The maximum atomic E-state index is 10.3. The van der Waals surface area contributed by atoms with Crippen LogP contribution in [0.4, 0.5) is 0 Å². The van der Waals surface area contributed by atoms with Gasteiger partial charge in [-0.1, -0.05) is 32.0 Å². The monoisotopic (exact) mass is 147 g/mol. The average Bonchev–Trinajstić information content (AvgIpc) is 2.05. The van der Waals surface area contributed by atoms with Gasteiger partial charge in [-0.2, -0.15) is 0 Å². The van der Waals surface area contributed by atoms with Crippen LogP contribution in [0.5, 0.6) is 0 Å². The van der Waals surface area contributed by atoms with Gasteiger partial charge in [0.25, 0.3) is 0 Å². The fourth-order valence-electron chi connectivity index (χ4n) is 0.961. The largest absolute Gasteiger partial charge is 0.285 e. The standard InChI is InChI=1S/C10H11O/c1-8(2)10-5-3-4-9(6-10)7-11/h3-6,8H,1-2H3. The summed E-state index contributed by atoms with van der Waals surface area (Å²) in [5, 5.41) is 0. The average molecular weight is 147 g/mol. The van der Waals surface area contributed by atoms with E-state index in [0.29, 0.717) is 11.5 Å². The summed E-state index contributed by atoms with van der Waals surface area (Å²) in [7, 11) is 0. The SMILES string of the molecule is CC(C)c1cccc([C]=O)c1. The molecule has 1 aromatic carbocycles. The molecule has 0 spiro atoms. The first-order valence-corrected chi connectivity index (χ1v) is 3.72. The molecule has 0 saturated carbocycles. The van der Waals surface area contributed by atoms with Gasteiger partial charge in [0.2, 0.25) is 6.29 Å². The molecule has 1 nitrogen and oxygen atoms in total. The number of hydrogen-bond acceptors (Lipinski definition) is 1. The summed E-state index contributed by atoms with van der Waals surface area (Å²) in [5.74, 6) is 0.475. The van der Waals surface area contributed by atoms with Gasteiger partial charge in [0.1, 0.15) is 0 Å². The van der Waals surface area contributed by atoms with Crippen molar-refractivity contribution in [3.63, 3.8) is 0 Å². The predicted octanol–water partition coefficient (Wildman–Crippen LogP) is 2.27. The summed E-state index contributed by atoms with van der Waals surface area (Å²) in [6.45, 7) is 4.20.